The zero-order chi connectivity index (χ0) is 15.2. The average Bonchev–Trinajstić information content (AvgIpc) is 2.45. The van der Waals surface area contributed by atoms with Gasteiger partial charge in [0.25, 0.3) is 0 Å². The number of likely N-dealkylation sites (tertiary alicyclic amines) is 1. The molecule has 0 radical (unpaired) electrons. The van der Waals surface area contributed by atoms with Gasteiger partial charge in [-0.05, 0) is 50.8 Å². The van der Waals surface area contributed by atoms with Gasteiger partial charge >= 0.3 is 0 Å². The Kier molecular flexibility index (Phi) is 5.74. The van der Waals surface area contributed by atoms with Crippen LogP contribution in [0.25, 0.3) is 0 Å². The summed E-state index contributed by atoms with van der Waals surface area (Å²) < 4.78 is 18.9. The lowest BCUT2D eigenvalue weighted by atomic mass is 10.1. The molecule has 0 atom stereocenters. The van der Waals surface area contributed by atoms with E-state index < -0.39 is 0 Å². The van der Waals surface area contributed by atoms with Crippen molar-refractivity contribution in [3.63, 3.8) is 0 Å². The van der Waals surface area contributed by atoms with Crippen LogP contribution < -0.4 is 0 Å². The number of halogens is 1. The third-order valence-corrected chi connectivity index (χ3v) is 3.78. The first-order chi connectivity index (χ1) is 10.0. The summed E-state index contributed by atoms with van der Waals surface area (Å²) in [6.07, 6.45) is 3.37. The van der Waals surface area contributed by atoms with E-state index in [1.807, 2.05) is 24.8 Å². The van der Waals surface area contributed by atoms with Crippen molar-refractivity contribution in [2.24, 2.45) is 0 Å². The van der Waals surface area contributed by atoms with E-state index in [0.29, 0.717) is 12.8 Å². The molecule has 1 saturated heterocycles. The topological polar surface area (TPSA) is 29.5 Å². The first-order valence-corrected chi connectivity index (χ1v) is 7.72. The Bertz CT molecular complexity index is 468. The summed E-state index contributed by atoms with van der Waals surface area (Å²) in [5.41, 5.74) is 0.876. The molecule has 1 aliphatic rings. The van der Waals surface area contributed by atoms with Gasteiger partial charge in [-0.15, -0.1) is 0 Å². The van der Waals surface area contributed by atoms with Gasteiger partial charge in [0.05, 0.1) is 12.2 Å². The number of amides is 1. The maximum absolute atomic E-state index is 13.1. The first-order valence-electron chi connectivity index (χ1n) is 7.72. The van der Waals surface area contributed by atoms with Crippen molar-refractivity contribution in [1.82, 2.24) is 4.90 Å². The fraction of sp³-hybridized carbons (Fsp3) is 0.588. The standard InChI is InChI=1S/C17H24FNO2/c1-13(2)21-16-8-10-19(11-9-16)17(20)7-6-14-4-3-5-15(18)12-14/h3-5,12-13,16H,6-11H2,1-2H3. The number of nitrogens with zero attached hydrogens (tertiary/aromatic N) is 1. The van der Waals surface area contributed by atoms with Crippen LogP contribution in [0.3, 0.4) is 0 Å². The van der Waals surface area contributed by atoms with Gasteiger partial charge in [0, 0.05) is 19.5 Å². The molecule has 0 bridgehead atoms. The molecule has 21 heavy (non-hydrogen) atoms. The van der Waals surface area contributed by atoms with E-state index in [1.54, 1.807) is 6.07 Å². The largest absolute Gasteiger partial charge is 0.375 e. The van der Waals surface area contributed by atoms with Crippen LogP contribution >= 0.6 is 0 Å². The average molecular weight is 293 g/mol. The highest BCUT2D eigenvalue weighted by atomic mass is 19.1. The first kappa shape index (κ1) is 16.0. The molecule has 2 rings (SSSR count). The minimum Gasteiger partial charge on any atom is -0.375 e. The van der Waals surface area contributed by atoms with Crippen molar-refractivity contribution < 1.29 is 13.9 Å². The second kappa shape index (κ2) is 7.55. The van der Waals surface area contributed by atoms with E-state index in [9.17, 15) is 9.18 Å². The van der Waals surface area contributed by atoms with Crippen LogP contribution in [0.1, 0.15) is 38.7 Å². The normalized spacial score (nSPS) is 16.5. The molecule has 1 heterocycles. The van der Waals surface area contributed by atoms with Crippen molar-refractivity contribution in [3.8, 4) is 0 Å². The second-order valence-electron chi connectivity index (χ2n) is 5.89. The van der Waals surface area contributed by atoms with E-state index in [2.05, 4.69) is 0 Å². The Labute approximate surface area is 126 Å². The quantitative estimate of drug-likeness (QED) is 0.834. The van der Waals surface area contributed by atoms with Gasteiger partial charge < -0.3 is 9.64 Å². The minimum atomic E-state index is -0.244. The summed E-state index contributed by atoms with van der Waals surface area (Å²) in [7, 11) is 0. The van der Waals surface area contributed by atoms with Gasteiger partial charge in [0.2, 0.25) is 5.91 Å². The van der Waals surface area contributed by atoms with Gasteiger partial charge in [-0.1, -0.05) is 12.1 Å². The van der Waals surface area contributed by atoms with Gasteiger partial charge in [0.15, 0.2) is 0 Å². The Hall–Kier alpha value is -1.42. The maximum atomic E-state index is 13.1. The van der Waals surface area contributed by atoms with E-state index in [4.69, 9.17) is 4.74 Å². The van der Waals surface area contributed by atoms with Crippen molar-refractivity contribution in [1.29, 1.82) is 0 Å². The van der Waals surface area contributed by atoms with E-state index in [0.717, 1.165) is 31.5 Å². The maximum Gasteiger partial charge on any atom is 0.222 e. The van der Waals surface area contributed by atoms with Crippen LogP contribution in [0.15, 0.2) is 24.3 Å². The van der Waals surface area contributed by atoms with Crippen molar-refractivity contribution in [3.05, 3.63) is 35.6 Å². The number of piperidine rings is 1. The lowest BCUT2D eigenvalue weighted by Crippen LogP contribution is -2.41. The van der Waals surface area contributed by atoms with Gasteiger partial charge in [-0.3, -0.25) is 4.79 Å². The number of rotatable bonds is 5. The molecule has 0 N–H and O–H groups in total. The lowest BCUT2D eigenvalue weighted by Gasteiger charge is -2.33. The molecule has 3 nitrogen and oxygen atoms in total. The lowest BCUT2D eigenvalue weighted by molar-refractivity contribution is -0.134. The SMILES string of the molecule is CC(C)OC1CCN(C(=O)CCc2cccc(F)c2)CC1. The second-order valence-corrected chi connectivity index (χ2v) is 5.89. The highest BCUT2D eigenvalue weighted by Gasteiger charge is 2.23. The Morgan fingerprint density at radius 1 is 1.38 bits per heavy atom. The number of hydrogen-bond donors (Lipinski definition) is 0. The number of ether oxygens (including phenoxy) is 1. The van der Waals surface area contributed by atoms with Gasteiger partial charge in [0.1, 0.15) is 5.82 Å². The van der Waals surface area contributed by atoms with Gasteiger partial charge in [-0.2, -0.15) is 0 Å². The smallest absolute Gasteiger partial charge is 0.222 e. The molecule has 1 amide bonds. The number of benzene rings is 1. The molecule has 0 spiro atoms. The summed E-state index contributed by atoms with van der Waals surface area (Å²) in [6.45, 7) is 5.60. The Morgan fingerprint density at radius 2 is 2.10 bits per heavy atom. The molecule has 1 aliphatic heterocycles. The van der Waals surface area contributed by atoms with Crippen LogP contribution in [0, 0.1) is 5.82 Å². The monoisotopic (exact) mass is 293 g/mol. The van der Waals surface area contributed by atoms with E-state index in [-0.39, 0.29) is 23.9 Å². The molecule has 0 unspecified atom stereocenters. The number of aryl methyl sites for hydroxylation is 1. The van der Waals surface area contributed by atoms with E-state index >= 15 is 0 Å². The third-order valence-electron chi connectivity index (χ3n) is 3.78. The zero-order valence-corrected chi connectivity index (χ0v) is 12.8. The molecule has 1 fully saturated rings. The predicted octanol–water partition coefficient (Wildman–Crippen LogP) is 3.17. The molecule has 0 saturated carbocycles. The third kappa shape index (κ3) is 5.12. The molecule has 1 aromatic rings. The zero-order valence-electron chi connectivity index (χ0n) is 12.8. The summed E-state index contributed by atoms with van der Waals surface area (Å²) in [5, 5.41) is 0. The summed E-state index contributed by atoms with van der Waals surface area (Å²) >= 11 is 0. The minimum absolute atomic E-state index is 0.155. The molecule has 0 aromatic heterocycles. The molecule has 1 aromatic carbocycles. The molecule has 0 aliphatic carbocycles. The summed E-state index contributed by atoms with van der Waals surface area (Å²) in [6, 6.07) is 6.46. The molecular formula is C17H24FNO2. The van der Waals surface area contributed by atoms with E-state index in [1.165, 1.54) is 12.1 Å². The van der Waals surface area contributed by atoms with Crippen LogP contribution in [0.4, 0.5) is 4.39 Å². The predicted molar refractivity (Wildman–Crippen MR) is 80.5 cm³/mol. The van der Waals surface area contributed by atoms with Crippen molar-refractivity contribution in [2.45, 2.75) is 51.7 Å². The highest BCUT2D eigenvalue weighted by Crippen LogP contribution is 2.17. The van der Waals surface area contributed by atoms with Crippen LogP contribution in [-0.2, 0) is 16.0 Å². The summed E-state index contributed by atoms with van der Waals surface area (Å²) in [5.74, 6) is -0.0890. The number of hydrogen-bond acceptors (Lipinski definition) is 2. The van der Waals surface area contributed by atoms with Crippen molar-refractivity contribution >= 4 is 5.91 Å². The Balaban J connectivity index is 1.75. The number of carbonyl (C=O) groups excluding carboxylic acids is 1. The fourth-order valence-corrected chi connectivity index (χ4v) is 2.73. The van der Waals surface area contributed by atoms with Crippen molar-refractivity contribution in [2.75, 3.05) is 13.1 Å². The fourth-order valence-electron chi connectivity index (χ4n) is 2.73. The highest BCUT2D eigenvalue weighted by molar-refractivity contribution is 5.76. The molecule has 4 heteroatoms. The van der Waals surface area contributed by atoms with Crippen LogP contribution in [0.2, 0.25) is 0 Å². The van der Waals surface area contributed by atoms with Crippen LogP contribution in [-0.4, -0.2) is 36.1 Å². The molecule has 116 valence electrons. The molecular weight excluding hydrogens is 269 g/mol. The van der Waals surface area contributed by atoms with Crippen LogP contribution in [0.5, 0.6) is 0 Å². The summed E-state index contributed by atoms with van der Waals surface area (Å²) in [4.78, 5) is 14.1. The number of carbonyl (C=O) groups is 1. The Morgan fingerprint density at radius 3 is 2.71 bits per heavy atom. The van der Waals surface area contributed by atoms with Gasteiger partial charge in [-0.25, -0.2) is 4.39 Å².